The van der Waals surface area contributed by atoms with E-state index in [0.717, 1.165) is 23.1 Å². The van der Waals surface area contributed by atoms with Gasteiger partial charge in [-0.25, -0.2) is 9.78 Å². The number of hydrogen-bond donors (Lipinski definition) is 4. The van der Waals surface area contributed by atoms with Crippen LogP contribution in [0.3, 0.4) is 0 Å². The largest absolute Gasteiger partial charge is 0.444 e. The molecule has 1 aromatic carbocycles. The van der Waals surface area contributed by atoms with E-state index in [9.17, 15) is 24.0 Å². The van der Waals surface area contributed by atoms with Gasteiger partial charge in [0.15, 0.2) is 11.2 Å². The van der Waals surface area contributed by atoms with Crippen LogP contribution >= 0.6 is 0 Å². The summed E-state index contributed by atoms with van der Waals surface area (Å²) in [5, 5.41) is 8.40. The number of alkyl carbamates (subject to hydrolysis) is 1. The summed E-state index contributed by atoms with van der Waals surface area (Å²) in [4.78, 5) is 80.7. The Bertz CT molecular complexity index is 1830. The van der Waals surface area contributed by atoms with E-state index in [1.54, 1.807) is 51.1 Å². The number of imidazole rings is 1. The summed E-state index contributed by atoms with van der Waals surface area (Å²) in [6.45, 7) is 16.7. The van der Waals surface area contributed by atoms with Crippen LogP contribution in [0.25, 0.3) is 11.2 Å². The number of rotatable bonds is 10. The summed E-state index contributed by atoms with van der Waals surface area (Å²) in [7, 11) is 0. The topological polar surface area (TPSA) is 180 Å². The molecule has 2 atom stereocenters. The molecule has 4 amide bonds. The van der Waals surface area contributed by atoms with E-state index in [0.29, 0.717) is 17.9 Å². The lowest BCUT2D eigenvalue weighted by molar-refractivity contribution is -0.144. The van der Waals surface area contributed by atoms with Crippen LogP contribution < -0.4 is 21.5 Å². The minimum absolute atomic E-state index is 0.0409. The van der Waals surface area contributed by atoms with Gasteiger partial charge in [0, 0.05) is 24.4 Å². The van der Waals surface area contributed by atoms with Crippen LogP contribution in [-0.4, -0.2) is 73.0 Å². The number of benzene rings is 1. The monoisotopic (exact) mass is 704 g/mol. The Hall–Kier alpha value is -5.01. The van der Waals surface area contributed by atoms with Gasteiger partial charge in [-0.3, -0.25) is 29.1 Å². The molecule has 0 bridgehead atoms. The summed E-state index contributed by atoms with van der Waals surface area (Å²) < 4.78 is 6.43. The van der Waals surface area contributed by atoms with Crippen molar-refractivity contribution in [2.75, 3.05) is 18.4 Å². The molecule has 0 radical (unpaired) electrons. The maximum Gasteiger partial charge on any atom is 0.407 e. The molecule has 1 aliphatic carbocycles. The van der Waals surface area contributed by atoms with Crippen LogP contribution in [0.15, 0.2) is 53.2 Å². The van der Waals surface area contributed by atoms with Crippen molar-refractivity contribution < 1.29 is 23.9 Å². The number of nitrogens with zero attached hydrogens (tertiary/aromatic N) is 4. The van der Waals surface area contributed by atoms with Crippen LogP contribution in [0, 0.1) is 16.7 Å². The van der Waals surface area contributed by atoms with Gasteiger partial charge in [-0.1, -0.05) is 65.8 Å². The van der Waals surface area contributed by atoms with Crippen molar-refractivity contribution in [2.45, 2.75) is 99.8 Å². The second kappa shape index (κ2) is 15.5. The lowest BCUT2D eigenvalue weighted by atomic mass is 9.74. The highest BCUT2D eigenvalue weighted by Gasteiger charge is 2.40. The minimum Gasteiger partial charge on any atom is -0.444 e. The van der Waals surface area contributed by atoms with Gasteiger partial charge in [-0.15, -0.1) is 0 Å². The van der Waals surface area contributed by atoms with Crippen molar-refractivity contribution in [3.05, 3.63) is 64.3 Å². The predicted molar refractivity (Wildman–Crippen MR) is 195 cm³/mol. The number of H-pyrrole nitrogens is 1. The summed E-state index contributed by atoms with van der Waals surface area (Å²) in [6.07, 6.45) is 5.11. The number of carbonyl (C=O) groups excluding carboxylic acids is 4. The highest BCUT2D eigenvalue weighted by atomic mass is 16.6. The smallest absolute Gasteiger partial charge is 0.407 e. The number of fused-ring (bicyclic) bond motifs is 1. The van der Waals surface area contributed by atoms with Gasteiger partial charge in [0.2, 0.25) is 17.8 Å². The van der Waals surface area contributed by atoms with Gasteiger partial charge in [-0.05, 0) is 68.9 Å². The third-order valence-corrected chi connectivity index (χ3v) is 8.74. The highest BCUT2D eigenvalue weighted by molar-refractivity contribution is 6.03. The number of carbonyl (C=O) groups is 4. The van der Waals surface area contributed by atoms with Crippen molar-refractivity contribution in [2.24, 2.45) is 16.7 Å². The van der Waals surface area contributed by atoms with Crippen molar-refractivity contribution in [3.63, 3.8) is 0 Å². The second-order valence-electron chi connectivity index (χ2n) is 16.1. The zero-order valence-electron chi connectivity index (χ0n) is 31.2. The number of nitrogens with one attached hydrogen (secondary N) is 4. The Labute approximate surface area is 298 Å². The number of amides is 4. The fourth-order valence-corrected chi connectivity index (χ4v) is 6.11. The van der Waals surface area contributed by atoms with Gasteiger partial charge in [-0.2, -0.15) is 4.98 Å². The molecule has 14 nitrogen and oxygen atoms in total. The van der Waals surface area contributed by atoms with E-state index in [2.05, 4.69) is 57.7 Å². The van der Waals surface area contributed by atoms with E-state index in [-0.39, 0.29) is 41.5 Å². The van der Waals surface area contributed by atoms with Crippen LogP contribution in [0.5, 0.6) is 0 Å². The van der Waals surface area contributed by atoms with Gasteiger partial charge in [0.05, 0.1) is 6.33 Å². The molecule has 2 heterocycles. The number of aromatic amines is 1. The Morgan fingerprint density at radius 1 is 1.02 bits per heavy atom. The maximum absolute atomic E-state index is 14.5. The van der Waals surface area contributed by atoms with Gasteiger partial charge in [0.1, 0.15) is 18.2 Å². The first-order valence-corrected chi connectivity index (χ1v) is 17.3. The fourth-order valence-electron chi connectivity index (χ4n) is 6.11. The zero-order valence-corrected chi connectivity index (χ0v) is 31.2. The molecule has 14 heteroatoms. The standard InChI is InChI=1S/C37H52N8O6/c1-35(2,3)24-15-17-25(18-16-24)41-31(48)28(36(4,5)6)44(20-19-38-34(50)51-37(7,8)9)26(46)21-45-32(49)27-29(40-22-39-27)42-33(45)43-30(47)23-13-11-10-12-14-23/h10-14,17,22,24,28H,15-16,18-21H2,1-9H3,(H,38,50)(H,39,40)(H,41,48)(H,42,43,47)/t24-,28-/m0/s1. The molecule has 3 aromatic rings. The molecule has 2 aromatic heterocycles. The van der Waals surface area contributed by atoms with Crippen molar-refractivity contribution >= 4 is 40.9 Å². The second-order valence-corrected chi connectivity index (χ2v) is 16.1. The summed E-state index contributed by atoms with van der Waals surface area (Å²) in [5.74, 6) is -1.26. The summed E-state index contributed by atoms with van der Waals surface area (Å²) >= 11 is 0. The number of aromatic nitrogens is 4. The van der Waals surface area contributed by atoms with Gasteiger partial charge in [0.25, 0.3) is 11.5 Å². The van der Waals surface area contributed by atoms with E-state index in [1.165, 1.54) is 11.2 Å². The Balaban J connectivity index is 1.68. The maximum atomic E-state index is 14.5. The first kappa shape index (κ1) is 38.8. The Kier molecular flexibility index (Phi) is 11.8. The molecule has 51 heavy (non-hydrogen) atoms. The van der Waals surface area contributed by atoms with Crippen LogP contribution in [-0.2, 0) is 20.9 Å². The number of allylic oxidation sites excluding steroid dienone is 2. The highest BCUT2D eigenvalue weighted by Crippen LogP contribution is 2.37. The average molecular weight is 705 g/mol. The molecule has 1 aliphatic rings. The fraction of sp³-hybridized carbons (Fsp3) is 0.541. The molecular weight excluding hydrogens is 652 g/mol. The normalized spacial score (nSPS) is 15.8. The SMILES string of the molecule is CC(C)(C)OC(=O)NCCN(C(=O)Cn1c(NC(=O)c2ccccc2)nc2nc[nH]c2c1=O)[C@@H](C(=O)NC1=CC[C@H](C(C)(C)C)CC1)C(C)(C)C. The first-order valence-electron chi connectivity index (χ1n) is 17.3. The number of ether oxygens (including phenoxy) is 1. The lowest BCUT2D eigenvalue weighted by Gasteiger charge is -2.40. The quantitative estimate of drug-likeness (QED) is 0.228. The number of anilines is 1. The molecule has 4 rings (SSSR count). The molecule has 4 N–H and O–H groups in total. The Morgan fingerprint density at radius 3 is 2.29 bits per heavy atom. The Morgan fingerprint density at radius 2 is 1.71 bits per heavy atom. The predicted octanol–water partition coefficient (Wildman–Crippen LogP) is 4.99. The van der Waals surface area contributed by atoms with E-state index >= 15 is 0 Å². The van der Waals surface area contributed by atoms with Crippen LogP contribution in [0.1, 0.15) is 91.9 Å². The molecule has 0 aliphatic heterocycles. The summed E-state index contributed by atoms with van der Waals surface area (Å²) in [6, 6.07) is 7.35. The van der Waals surface area contributed by atoms with Crippen molar-refractivity contribution in [1.82, 2.24) is 35.1 Å². The van der Waals surface area contributed by atoms with Gasteiger partial charge < -0.3 is 25.3 Å². The van der Waals surface area contributed by atoms with Crippen LogP contribution in [0.2, 0.25) is 0 Å². The molecule has 0 unspecified atom stereocenters. The zero-order chi connectivity index (χ0) is 37.7. The van der Waals surface area contributed by atoms with Crippen LogP contribution in [0.4, 0.5) is 10.7 Å². The molecular formula is C37H52N8O6. The number of hydrogen-bond acceptors (Lipinski definition) is 8. The lowest BCUT2D eigenvalue weighted by Crippen LogP contribution is -2.58. The third kappa shape index (κ3) is 10.3. The molecule has 0 spiro atoms. The van der Waals surface area contributed by atoms with E-state index in [1.807, 2.05) is 20.8 Å². The van der Waals surface area contributed by atoms with Crippen molar-refractivity contribution in [1.29, 1.82) is 0 Å². The van der Waals surface area contributed by atoms with Gasteiger partial charge >= 0.3 is 6.09 Å². The molecule has 0 saturated carbocycles. The molecule has 0 saturated heterocycles. The van der Waals surface area contributed by atoms with Crippen molar-refractivity contribution in [3.8, 4) is 0 Å². The minimum atomic E-state index is -1.02. The van der Waals surface area contributed by atoms with E-state index < -0.39 is 47.1 Å². The average Bonchev–Trinajstić information content (AvgIpc) is 3.50. The van der Waals surface area contributed by atoms with E-state index in [4.69, 9.17) is 4.74 Å². The molecule has 0 fully saturated rings. The third-order valence-electron chi connectivity index (χ3n) is 8.74. The first-order chi connectivity index (χ1) is 23.7. The molecule has 276 valence electrons. The summed E-state index contributed by atoms with van der Waals surface area (Å²) in [5.41, 5.74) is -0.812.